The maximum absolute atomic E-state index is 13.2. The molecular formula is C17H15F3N2O2S2. The predicted octanol–water partition coefficient (Wildman–Crippen LogP) is 4.25. The summed E-state index contributed by atoms with van der Waals surface area (Å²) in [6.45, 7) is 0. The number of allylic oxidation sites excluding steroid dienone is 8. The van der Waals surface area contributed by atoms with Gasteiger partial charge in [0.25, 0.3) is 0 Å². The number of aromatic nitrogens is 2. The minimum Gasteiger partial charge on any atom is -0.334 e. The monoisotopic (exact) mass is 400 g/mol. The zero-order chi connectivity index (χ0) is 19.1. The fourth-order valence-corrected chi connectivity index (χ4v) is 3.88. The van der Waals surface area contributed by atoms with Crippen LogP contribution in [0, 0.1) is 0 Å². The fraction of sp³-hybridized carbons (Fsp3) is 0.294. The molecule has 0 atom stereocenters. The first kappa shape index (κ1) is 18.8. The number of thiocarbonyl (C=S) groups is 1. The lowest BCUT2D eigenvalue weighted by atomic mass is 9.95. The van der Waals surface area contributed by atoms with Crippen LogP contribution in [-0.4, -0.2) is 29.5 Å². The van der Waals surface area contributed by atoms with Crippen molar-refractivity contribution in [2.24, 2.45) is 0 Å². The lowest BCUT2D eigenvalue weighted by Crippen LogP contribution is -2.08. The van der Waals surface area contributed by atoms with Crippen molar-refractivity contribution < 1.29 is 21.6 Å². The van der Waals surface area contributed by atoms with Crippen molar-refractivity contribution in [2.75, 3.05) is 6.26 Å². The summed E-state index contributed by atoms with van der Waals surface area (Å²) >= 11 is 5.28. The first-order valence-corrected chi connectivity index (χ1v) is 10.0. The van der Waals surface area contributed by atoms with Crippen LogP contribution in [0.15, 0.2) is 35.3 Å². The maximum atomic E-state index is 13.2. The summed E-state index contributed by atoms with van der Waals surface area (Å²) in [5.41, 5.74) is 1.41. The highest BCUT2D eigenvalue weighted by Gasteiger charge is 2.37. The van der Waals surface area contributed by atoms with E-state index < -0.39 is 21.8 Å². The molecule has 1 heterocycles. The van der Waals surface area contributed by atoms with E-state index >= 15 is 0 Å². The number of H-pyrrole nitrogens is 1. The number of rotatable bonds is 3. The molecule has 0 saturated carbocycles. The van der Waals surface area contributed by atoms with E-state index in [0.29, 0.717) is 22.4 Å². The third kappa shape index (κ3) is 3.73. The second-order valence-electron chi connectivity index (χ2n) is 6.04. The van der Waals surface area contributed by atoms with E-state index in [-0.39, 0.29) is 29.1 Å². The number of nitrogens with zero attached hydrogens (tertiary/aromatic N) is 1. The molecule has 9 heteroatoms. The van der Waals surface area contributed by atoms with Gasteiger partial charge in [0.05, 0.1) is 11.4 Å². The smallest absolute Gasteiger partial charge is 0.334 e. The highest BCUT2D eigenvalue weighted by Crippen LogP contribution is 2.36. The number of hydrogen-bond acceptors (Lipinski definition) is 4. The molecule has 0 aromatic carbocycles. The topological polar surface area (TPSA) is 62.8 Å². The van der Waals surface area contributed by atoms with E-state index in [9.17, 15) is 21.6 Å². The Balaban J connectivity index is 2.12. The highest BCUT2D eigenvalue weighted by molar-refractivity contribution is 7.94. The molecule has 3 rings (SSSR count). The van der Waals surface area contributed by atoms with Gasteiger partial charge in [0.1, 0.15) is 0 Å². The summed E-state index contributed by atoms with van der Waals surface area (Å²) in [7, 11) is -3.32. The van der Waals surface area contributed by atoms with Crippen LogP contribution in [-0.2, 0) is 16.0 Å². The van der Waals surface area contributed by atoms with Gasteiger partial charge in [0, 0.05) is 28.0 Å². The Morgan fingerprint density at radius 1 is 1.19 bits per heavy atom. The van der Waals surface area contributed by atoms with E-state index in [2.05, 4.69) is 9.97 Å². The summed E-state index contributed by atoms with van der Waals surface area (Å²) in [6.07, 6.45) is 5.62. The number of nitrogens with one attached hydrogen (secondary N) is 1. The fourth-order valence-electron chi connectivity index (χ4n) is 2.82. The molecule has 0 fully saturated rings. The molecule has 4 nitrogen and oxygen atoms in total. The second-order valence-corrected chi connectivity index (χ2v) is 8.60. The molecule has 0 radical (unpaired) electrons. The van der Waals surface area contributed by atoms with E-state index in [0.717, 1.165) is 6.26 Å². The molecule has 1 aromatic rings. The number of halogens is 3. The summed E-state index contributed by atoms with van der Waals surface area (Å²) in [6, 6.07) is 0. The van der Waals surface area contributed by atoms with Crippen LogP contribution in [0.2, 0.25) is 0 Å². The van der Waals surface area contributed by atoms with Gasteiger partial charge in [-0.15, -0.1) is 0 Å². The minimum atomic E-state index is -4.62. The standard InChI is InChI=1S/C17H15F3N2O2S2/c1-26(23,24)11-8-6-10(7-9-11)14-15(12-4-2-3-5-13(12)25)22-16(21-14)17(18,19)20/h2-4,6,8H,5,7,9H2,1H3,(H,21,22). The molecule has 1 aromatic heterocycles. The number of alkyl halides is 3. The Bertz CT molecular complexity index is 994. The summed E-state index contributed by atoms with van der Waals surface area (Å²) in [4.78, 5) is 6.88. The first-order chi connectivity index (χ1) is 12.1. The SMILES string of the molecule is CS(=O)(=O)C1=CC=C(c2nc(C(F)(F)F)[nH]c2C2=CC=CCC2=S)CC1. The van der Waals surface area contributed by atoms with Gasteiger partial charge in [-0.3, -0.25) is 0 Å². The highest BCUT2D eigenvalue weighted by atomic mass is 32.2. The molecule has 1 N–H and O–H groups in total. The normalized spacial score (nSPS) is 18.5. The first-order valence-electron chi connectivity index (χ1n) is 7.75. The molecule has 138 valence electrons. The van der Waals surface area contributed by atoms with Crippen LogP contribution in [0.25, 0.3) is 11.1 Å². The molecule has 0 amide bonds. The molecule has 2 aliphatic carbocycles. The number of sulfone groups is 1. The van der Waals surface area contributed by atoms with Crippen molar-refractivity contribution >= 4 is 38.1 Å². The van der Waals surface area contributed by atoms with Gasteiger partial charge in [-0.25, -0.2) is 13.4 Å². The largest absolute Gasteiger partial charge is 0.449 e. The zero-order valence-corrected chi connectivity index (χ0v) is 15.4. The van der Waals surface area contributed by atoms with E-state index in [1.165, 1.54) is 12.2 Å². The molecular weight excluding hydrogens is 385 g/mol. The Kier molecular flexibility index (Phi) is 4.78. The van der Waals surface area contributed by atoms with Gasteiger partial charge < -0.3 is 4.98 Å². The van der Waals surface area contributed by atoms with Gasteiger partial charge in [0.15, 0.2) is 9.84 Å². The molecule has 0 unspecified atom stereocenters. The average molecular weight is 400 g/mol. The predicted molar refractivity (Wildman–Crippen MR) is 98.1 cm³/mol. The van der Waals surface area contributed by atoms with Gasteiger partial charge in [0.2, 0.25) is 5.82 Å². The molecule has 0 spiro atoms. The molecule has 26 heavy (non-hydrogen) atoms. The number of aromatic amines is 1. The maximum Gasteiger partial charge on any atom is 0.449 e. The van der Waals surface area contributed by atoms with Crippen LogP contribution in [0.5, 0.6) is 0 Å². The van der Waals surface area contributed by atoms with Gasteiger partial charge >= 0.3 is 6.18 Å². The van der Waals surface area contributed by atoms with Crippen LogP contribution in [0.3, 0.4) is 0 Å². The third-order valence-corrected chi connectivity index (χ3v) is 5.82. The summed E-state index contributed by atoms with van der Waals surface area (Å²) in [5.74, 6) is -1.10. The van der Waals surface area contributed by atoms with Crippen molar-refractivity contribution in [2.45, 2.75) is 25.4 Å². The Morgan fingerprint density at radius 3 is 2.46 bits per heavy atom. The van der Waals surface area contributed by atoms with Gasteiger partial charge in [-0.1, -0.05) is 36.5 Å². The average Bonchev–Trinajstić information content (AvgIpc) is 3.00. The van der Waals surface area contributed by atoms with Crippen molar-refractivity contribution in [3.05, 3.63) is 52.5 Å². The Morgan fingerprint density at radius 2 is 1.92 bits per heavy atom. The molecule has 0 saturated heterocycles. The molecule has 2 aliphatic rings. The minimum absolute atomic E-state index is 0.157. The second kappa shape index (κ2) is 6.62. The van der Waals surface area contributed by atoms with E-state index in [4.69, 9.17) is 12.2 Å². The van der Waals surface area contributed by atoms with Crippen molar-refractivity contribution in [3.8, 4) is 0 Å². The van der Waals surface area contributed by atoms with Gasteiger partial charge in [-0.2, -0.15) is 13.2 Å². The van der Waals surface area contributed by atoms with Crippen LogP contribution < -0.4 is 0 Å². The van der Waals surface area contributed by atoms with Crippen molar-refractivity contribution in [3.63, 3.8) is 0 Å². The van der Waals surface area contributed by atoms with Crippen LogP contribution in [0.4, 0.5) is 13.2 Å². The lowest BCUT2D eigenvalue weighted by molar-refractivity contribution is -0.144. The van der Waals surface area contributed by atoms with E-state index in [1.807, 2.05) is 6.08 Å². The summed E-state index contributed by atoms with van der Waals surface area (Å²) in [5, 5.41) is 0. The van der Waals surface area contributed by atoms with Gasteiger partial charge in [-0.05, 0) is 24.5 Å². The zero-order valence-electron chi connectivity index (χ0n) is 13.7. The Hall–Kier alpha value is -2.00. The van der Waals surface area contributed by atoms with Crippen molar-refractivity contribution in [1.29, 1.82) is 0 Å². The number of hydrogen-bond donors (Lipinski definition) is 1. The molecule has 0 aliphatic heterocycles. The van der Waals surface area contributed by atoms with Crippen LogP contribution >= 0.6 is 12.2 Å². The third-order valence-electron chi connectivity index (χ3n) is 4.14. The van der Waals surface area contributed by atoms with E-state index in [1.54, 1.807) is 12.2 Å². The molecule has 0 bridgehead atoms. The lowest BCUT2D eigenvalue weighted by Gasteiger charge is -2.15. The summed E-state index contributed by atoms with van der Waals surface area (Å²) < 4.78 is 62.7. The van der Waals surface area contributed by atoms with Crippen LogP contribution in [0.1, 0.15) is 36.5 Å². The number of imidazole rings is 1. The quantitative estimate of drug-likeness (QED) is 0.771. The van der Waals surface area contributed by atoms with Crippen molar-refractivity contribution in [1.82, 2.24) is 9.97 Å². The Labute approximate surface area is 154 Å².